The van der Waals surface area contributed by atoms with Gasteiger partial charge in [0.15, 0.2) is 0 Å². The Hall–Kier alpha value is -2.82. The molecular formula is C20H24N2O3. The number of amides is 2. The van der Waals surface area contributed by atoms with Crippen LogP contribution in [0.3, 0.4) is 0 Å². The first-order chi connectivity index (χ1) is 12.1. The minimum Gasteiger partial charge on any atom is -0.481 e. The van der Waals surface area contributed by atoms with Crippen LogP contribution in [0.2, 0.25) is 0 Å². The van der Waals surface area contributed by atoms with Crippen molar-refractivity contribution in [2.24, 2.45) is 0 Å². The van der Waals surface area contributed by atoms with Crippen molar-refractivity contribution in [3.63, 3.8) is 0 Å². The van der Waals surface area contributed by atoms with E-state index in [-0.39, 0.29) is 18.5 Å². The smallest absolute Gasteiger partial charge is 0.319 e. The minimum absolute atomic E-state index is 0.0172. The highest BCUT2D eigenvalue weighted by molar-refractivity contribution is 5.90. The molecule has 2 aromatic carbocycles. The zero-order valence-corrected chi connectivity index (χ0v) is 14.4. The Morgan fingerprint density at radius 1 is 1.04 bits per heavy atom. The van der Waals surface area contributed by atoms with Crippen LogP contribution in [0.1, 0.15) is 30.9 Å². The van der Waals surface area contributed by atoms with Crippen LogP contribution in [0, 0.1) is 0 Å². The number of carbonyl (C=O) groups is 2. The highest BCUT2D eigenvalue weighted by Crippen LogP contribution is 2.15. The monoisotopic (exact) mass is 340 g/mol. The van der Waals surface area contributed by atoms with Gasteiger partial charge in [-0.3, -0.25) is 4.79 Å². The van der Waals surface area contributed by atoms with Crippen molar-refractivity contribution in [1.29, 1.82) is 0 Å². The van der Waals surface area contributed by atoms with E-state index in [9.17, 15) is 9.59 Å². The van der Waals surface area contributed by atoms with Gasteiger partial charge in [-0.15, -0.1) is 0 Å². The number of rotatable bonds is 8. The summed E-state index contributed by atoms with van der Waals surface area (Å²) in [5, 5.41) is 14.7. The maximum atomic E-state index is 12.4. The van der Waals surface area contributed by atoms with E-state index in [1.165, 1.54) is 0 Å². The highest BCUT2D eigenvalue weighted by Gasteiger charge is 2.15. The first kappa shape index (κ1) is 18.5. The zero-order valence-electron chi connectivity index (χ0n) is 14.4. The molecule has 3 N–H and O–H groups in total. The molecule has 0 aliphatic carbocycles. The quantitative estimate of drug-likeness (QED) is 0.683. The average molecular weight is 340 g/mol. The molecule has 1 unspecified atom stereocenters. The van der Waals surface area contributed by atoms with Crippen molar-refractivity contribution in [2.45, 2.75) is 38.6 Å². The van der Waals surface area contributed by atoms with Gasteiger partial charge in [0.25, 0.3) is 0 Å². The molecule has 0 aliphatic heterocycles. The number of aliphatic carboxylic acids is 1. The predicted molar refractivity (Wildman–Crippen MR) is 98.8 cm³/mol. The largest absolute Gasteiger partial charge is 0.481 e. The van der Waals surface area contributed by atoms with Crippen molar-refractivity contribution in [3.8, 4) is 0 Å². The molecule has 0 saturated carbocycles. The molecule has 0 radical (unpaired) electrons. The van der Waals surface area contributed by atoms with E-state index in [2.05, 4.69) is 10.6 Å². The highest BCUT2D eigenvalue weighted by atomic mass is 16.4. The molecule has 1 atom stereocenters. The van der Waals surface area contributed by atoms with E-state index >= 15 is 0 Å². The maximum absolute atomic E-state index is 12.4. The van der Waals surface area contributed by atoms with Gasteiger partial charge in [0.2, 0.25) is 0 Å². The third kappa shape index (κ3) is 6.30. The number of hydrogen-bond donors (Lipinski definition) is 3. The average Bonchev–Trinajstić information content (AvgIpc) is 2.61. The van der Waals surface area contributed by atoms with Gasteiger partial charge in [0.05, 0.1) is 0 Å². The molecule has 132 valence electrons. The maximum Gasteiger partial charge on any atom is 0.319 e. The summed E-state index contributed by atoms with van der Waals surface area (Å²) in [5.74, 6) is -0.864. The SMILES string of the molecule is CCc1ccccc1NC(=O)NC(CCC(=O)O)Cc1ccccc1. The number of carboxylic acids is 1. The van der Waals surface area contributed by atoms with Crippen LogP contribution in [-0.2, 0) is 17.6 Å². The lowest BCUT2D eigenvalue weighted by Gasteiger charge is -2.19. The number of nitrogens with one attached hydrogen (secondary N) is 2. The first-order valence-corrected chi connectivity index (χ1v) is 8.49. The Balaban J connectivity index is 2.01. The second kappa shape index (κ2) is 9.47. The molecule has 0 aliphatic rings. The van der Waals surface area contributed by atoms with Gasteiger partial charge >= 0.3 is 12.0 Å². The van der Waals surface area contributed by atoms with Gasteiger partial charge in [0.1, 0.15) is 0 Å². The number of para-hydroxylation sites is 1. The fourth-order valence-electron chi connectivity index (χ4n) is 2.72. The van der Waals surface area contributed by atoms with E-state index in [1.807, 2.05) is 61.5 Å². The molecule has 0 spiro atoms. The second-order valence-corrected chi connectivity index (χ2v) is 5.93. The van der Waals surface area contributed by atoms with Gasteiger partial charge in [-0.05, 0) is 36.5 Å². The summed E-state index contributed by atoms with van der Waals surface area (Å²) in [5.41, 5.74) is 2.90. The fraction of sp³-hybridized carbons (Fsp3) is 0.300. The Labute approximate surface area is 148 Å². The molecule has 5 nitrogen and oxygen atoms in total. The predicted octanol–water partition coefficient (Wildman–Crippen LogP) is 3.85. The van der Waals surface area contributed by atoms with Crippen molar-refractivity contribution in [2.75, 3.05) is 5.32 Å². The summed E-state index contributed by atoms with van der Waals surface area (Å²) in [4.78, 5) is 23.2. The molecule has 2 amide bonds. The van der Waals surface area contributed by atoms with Gasteiger partial charge in [0, 0.05) is 18.2 Å². The Kier molecular flexibility index (Phi) is 7.01. The fourth-order valence-corrected chi connectivity index (χ4v) is 2.72. The van der Waals surface area contributed by atoms with Crippen molar-refractivity contribution in [3.05, 3.63) is 65.7 Å². The summed E-state index contributed by atoms with van der Waals surface area (Å²) < 4.78 is 0. The third-order valence-corrected chi connectivity index (χ3v) is 4.01. The van der Waals surface area contributed by atoms with Gasteiger partial charge < -0.3 is 15.7 Å². The van der Waals surface area contributed by atoms with E-state index in [1.54, 1.807) is 0 Å². The topological polar surface area (TPSA) is 78.4 Å². The van der Waals surface area contributed by atoms with E-state index in [4.69, 9.17) is 5.11 Å². The molecule has 2 rings (SSSR count). The molecule has 5 heteroatoms. The van der Waals surface area contributed by atoms with Crippen molar-refractivity contribution in [1.82, 2.24) is 5.32 Å². The molecule has 2 aromatic rings. The second-order valence-electron chi connectivity index (χ2n) is 5.93. The molecule has 0 fully saturated rings. The molecular weight excluding hydrogens is 316 g/mol. The number of carbonyl (C=O) groups excluding carboxylic acids is 1. The van der Waals surface area contributed by atoms with Crippen LogP contribution < -0.4 is 10.6 Å². The van der Waals surface area contributed by atoms with Crippen LogP contribution in [0.25, 0.3) is 0 Å². The molecule has 0 bridgehead atoms. The first-order valence-electron chi connectivity index (χ1n) is 8.49. The van der Waals surface area contributed by atoms with Gasteiger partial charge in [-0.25, -0.2) is 4.79 Å². The third-order valence-electron chi connectivity index (χ3n) is 4.01. The van der Waals surface area contributed by atoms with E-state index < -0.39 is 5.97 Å². The van der Waals surface area contributed by atoms with Gasteiger partial charge in [-0.2, -0.15) is 0 Å². The number of anilines is 1. The van der Waals surface area contributed by atoms with Crippen LogP contribution in [0.4, 0.5) is 10.5 Å². The number of urea groups is 1. The molecule has 0 saturated heterocycles. The Bertz CT molecular complexity index is 701. The summed E-state index contributed by atoms with van der Waals surface area (Å²) in [7, 11) is 0. The Morgan fingerprint density at radius 3 is 2.40 bits per heavy atom. The number of aryl methyl sites for hydroxylation is 1. The lowest BCUT2D eigenvalue weighted by Crippen LogP contribution is -2.39. The normalized spacial score (nSPS) is 11.6. The lowest BCUT2D eigenvalue weighted by molar-refractivity contribution is -0.137. The van der Waals surface area contributed by atoms with Crippen LogP contribution in [0.5, 0.6) is 0 Å². The van der Waals surface area contributed by atoms with Crippen molar-refractivity contribution < 1.29 is 14.7 Å². The Morgan fingerprint density at radius 2 is 1.72 bits per heavy atom. The lowest BCUT2D eigenvalue weighted by atomic mass is 10.0. The van der Waals surface area contributed by atoms with Crippen LogP contribution >= 0.6 is 0 Å². The molecule has 25 heavy (non-hydrogen) atoms. The number of hydrogen-bond acceptors (Lipinski definition) is 2. The molecule has 0 heterocycles. The summed E-state index contributed by atoms with van der Waals surface area (Å²) in [6.45, 7) is 2.03. The van der Waals surface area contributed by atoms with E-state index in [0.29, 0.717) is 12.8 Å². The van der Waals surface area contributed by atoms with Crippen LogP contribution in [0.15, 0.2) is 54.6 Å². The van der Waals surface area contributed by atoms with Crippen molar-refractivity contribution >= 4 is 17.7 Å². The van der Waals surface area contributed by atoms with Gasteiger partial charge in [-0.1, -0.05) is 55.5 Å². The number of benzene rings is 2. The summed E-state index contributed by atoms with van der Waals surface area (Å²) in [6.07, 6.45) is 1.82. The summed E-state index contributed by atoms with van der Waals surface area (Å²) in [6, 6.07) is 16.8. The number of carboxylic acid groups (broad SMARTS) is 1. The zero-order chi connectivity index (χ0) is 18.1. The van der Waals surface area contributed by atoms with Crippen LogP contribution in [-0.4, -0.2) is 23.1 Å². The standard InChI is InChI=1S/C20H24N2O3/c1-2-16-10-6-7-11-18(16)22-20(25)21-17(12-13-19(23)24)14-15-8-4-3-5-9-15/h3-11,17H,2,12-14H2,1H3,(H,23,24)(H2,21,22,25). The summed E-state index contributed by atoms with van der Waals surface area (Å²) >= 11 is 0. The minimum atomic E-state index is -0.864. The molecule has 0 aromatic heterocycles. The van der Waals surface area contributed by atoms with E-state index in [0.717, 1.165) is 23.2 Å².